The van der Waals surface area contributed by atoms with Crippen molar-refractivity contribution in [3.63, 3.8) is 0 Å². The first-order valence-corrected chi connectivity index (χ1v) is 9.53. The first kappa shape index (κ1) is 18.5. The van der Waals surface area contributed by atoms with Gasteiger partial charge in [0.05, 0.1) is 12.0 Å². The quantitative estimate of drug-likeness (QED) is 0.856. The Kier molecular flexibility index (Phi) is 5.06. The Morgan fingerprint density at radius 2 is 1.73 bits per heavy atom. The van der Waals surface area contributed by atoms with Gasteiger partial charge in [0.15, 0.2) is 0 Å². The molecule has 1 aliphatic carbocycles. The number of nitrogens with zero attached hydrogens (tertiary/aromatic N) is 1. The number of primary sulfonamides is 1. The molecule has 0 bridgehead atoms. The second-order valence-corrected chi connectivity index (χ2v) is 7.55. The van der Waals surface area contributed by atoms with Crippen molar-refractivity contribution in [1.29, 1.82) is 0 Å². The maximum atomic E-state index is 13.0. The van der Waals surface area contributed by atoms with Gasteiger partial charge in [0.2, 0.25) is 10.0 Å². The van der Waals surface area contributed by atoms with Crippen LogP contribution in [0.4, 0.5) is 8.78 Å². The molecule has 0 atom stereocenters. The van der Waals surface area contributed by atoms with E-state index in [4.69, 9.17) is 9.88 Å². The molecule has 138 valence electrons. The predicted octanol–water partition coefficient (Wildman–Crippen LogP) is 3.77. The van der Waals surface area contributed by atoms with Crippen molar-refractivity contribution >= 4 is 21.2 Å². The van der Waals surface area contributed by atoms with Crippen LogP contribution in [0.2, 0.25) is 0 Å². The summed E-state index contributed by atoms with van der Waals surface area (Å²) in [4.78, 5) is 3.91. The number of ether oxygens (including phenoxy) is 1. The summed E-state index contributed by atoms with van der Waals surface area (Å²) in [5.74, 6) is 0.0563. The molecule has 0 saturated carbocycles. The molecular formula is C18H18F2N2O3S. The molecule has 1 aromatic carbocycles. The number of aromatic nitrogens is 1. The summed E-state index contributed by atoms with van der Waals surface area (Å²) in [6.07, 6.45) is 1.24. The Morgan fingerprint density at radius 1 is 1.12 bits per heavy atom. The van der Waals surface area contributed by atoms with Gasteiger partial charge in [0.1, 0.15) is 11.4 Å². The molecule has 1 heterocycles. The lowest BCUT2D eigenvalue weighted by atomic mass is 9.98. The number of nitrogens with two attached hydrogens (primary N) is 1. The fraction of sp³-hybridized carbons (Fsp3) is 0.278. The molecule has 0 amide bonds. The molecule has 0 aliphatic heterocycles. The van der Waals surface area contributed by atoms with E-state index in [-0.39, 0.29) is 16.3 Å². The predicted molar refractivity (Wildman–Crippen MR) is 94.2 cm³/mol. The van der Waals surface area contributed by atoms with Crippen LogP contribution in [0, 0.1) is 0 Å². The summed E-state index contributed by atoms with van der Waals surface area (Å²) in [6.45, 7) is 0. The molecule has 0 spiro atoms. The number of hydrogen-bond acceptors (Lipinski definition) is 4. The summed E-state index contributed by atoms with van der Waals surface area (Å²) >= 11 is 0. The average Bonchev–Trinajstić information content (AvgIpc) is 3.10. The number of allylic oxidation sites excluding steroid dienone is 2. The Hall–Kier alpha value is -2.32. The van der Waals surface area contributed by atoms with Crippen molar-refractivity contribution in [3.05, 3.63) is 53.3 Å². The number of halogens is 2. The van der Waals surface area contributed by atoms with Gasteiger partial charge in [-0.15, -0.1) is 0 Å². The van der Waals surface area contributed by atoms with Crippen LogP contribution in [0.5, 0.6) is 5.75 Å². The van der Waals surface area contributed by atoms with Gasteiger partial charge in [-0.3, -0.25) is 4.98 Å². The molecule has 0 unspecified atom stereocenters. The smallest absolute Gasteiger partial charge is 0.284 e. The highest BCUT2D eigenvalue weighted by molar-refractivity contribution is 7.89. The summed E-state index contributed by atoms with van der Waals surface area (Å²) in [6, 6.07) is 7.92. The Balaban J connectivity index is 2.03. The third kappa shape index (κ3) is 3.61. The van der Waals surface area contributed by atoms with E-state index in [1.54, 1.807) is 18.2 Å². The van der Waals surface area contributed by atoms with Crippen molar-refractivity contribution in [2.24, 2.45) is 5.14 Å². The minimum atomic E-state index is -3.74. The number of hydrogen-bond donors (Lipinski definition) is 1. The maximum Gasteiger partial charge on any atom is 0.284 e. The highest BCUT2D eigenvalue weighted by Gasteiger charge is 2.22. The molecule has 0 fully saturated rings. The van der Waals surface area contributed by atoms with Crippen molar-refractivity contribution in [3.8, 4) is 5.75 Å². The van der Waals surface area contributed by atoms with E-state index in [2.05, 4.69) is 4.98 Å². The minimum absolute atomic E-state index is 0.0472. The lowest BCUT2D eigenvalue weighted by Gasteiger charge is -2.12. The summed E-state index contributed by atoms with van der Waals surface area (Å²) in [5.41, 5.74) is 3.27. The third-order valence-electron chi connectivity index (χ3n) is 4.41. The molecule has 0 radical (unpaired) electrons. The summed E-state index contributed by atoms with van der Waals surface area (Å²) in [5, 5.41) is 5.13. The molecule has 1 aliphatic rings. The molecule has 26 heavy (non-hydrogen) atoms. The third-order valence-corrected chi connectivity index (χ3v) is 5.34. The number of pyridine rings is 1. The van der Waals surface area contributed by atoms with Crippen molar-refractivity contribution < 1.29 is 21.9 Å². The van der Waals surface area contributed by atoms with Crippen molar-refractivity contribution in [2.75, 3.05) is 7.11 Å². The van der Waals surface area contributed by atoms with E-state index in [1.165, 1.54) is 25.4 Å². The maximum absolute atomic E-state index is 13.0. The number of alkyl halides is 2. The highest BCUT2D eigenvalue weighted by Crippen LogP contribution is 2.41. The number of sulfonamides is 1. The second-order valence-electron chi connectivity index (χ2n) is 5.99. The Bertz CT molecular complexity index is 955. The van der Waals surface area contributed by atoms with E-state index < -0.39 is 16.4 Å². The lowest BCUT2D eigenvalue weighted by molar-refractivity contribution is 0.141. The standard InChI is InChI=1S/C18H18F2N2O3S/c1-25-16-9-12(10-22-17(16)18(19)20)15-4-2-3-14(15)11-5-7-13(8-6-11)26(21,23)24/h5-10,18H,2-4H2,1H3,(H2,21,23,24). The molecule has 2 aromatic rings. The first-order valence-electron chi connectivity index (χ1n) is 7.99. The SMILES string of the molecule is COc1cc(C2=C(c3ccc(S(N)(=O)=O)cc3)CCC2)cnc1C(F)F. The van der Waals surface area contributed by atoms with Crippen LogP contribution in [-0.2, 0) is 10.0 Å². The molecule has 2 N–H and O–H groups in total. The van der Waals surface area contributed by atoms with Crippen LogP contribution in [0.1, 0.15) is 42.5 Å². The zero-order valence-electron chi connectivity index (χ0n) is 14.1. The van der Waals surface area contributed by atoms with Gasteiger partial charge >= 0.3 is 0 Å². The average molecular weight is 380 g/mol. The topological polar surface area (TPSA) is 82.3 Å². The van der Waals surface area contributed by atoms with Gasteiger partial charge in [-0.1, -0.05) is 12.1 Å². The zero-order valence-corrected chi connectivity index (χ0v) is 14.9. The van der Waals surface area contributed by atoms with E-state index in [0.29, 0.717) is 0 Å². The van der Waals surface area contributed by atoms with E-state index in [0.717, 1.165) is 41.5 Å². The Morgan fingerprint density at radius 3 is 2.27 bits per heavy atom. The van der Waals surface area contributed by atoms with E-state index in [9.17, 15) is 17.2 Å². The van der Waals surface area contributed by atoms with Gasteiger partial charge < -0.3 is 4.74 Å². The summed E-state index contributed by atoms with van der Waals surface area (Å²) < 4.78 is 53.8. The van der Waals surface area contributed by atoms with Crippen molar-refractivity contribution in [2.45, 2.75) is 30.6 Å². The molecule has 0 saturated heterocycles. The van der Waals surface area contributed by atoms with E-state index in [1.807, 2.05) is 0 Å². The normalized spacial score (nSPS) is 15.0. The second kappa shape index (κ2) is 7.13. The van der Waals surface area contributed by atoms with Crippen LogP contribution in [0.3, 0.4) is 0 Å². The van der Waals surface area contributed by atoms with Crippen LogP contribution in [-0.4, -0.2) is 20.5 Å². The fourth-order valence-electron chi connectivity index (χ4n) is 3.17. The molecule has 8 heteroatoms. The zero-order chi connectivity index (χ0) is 18.9. The molecule has 5 nitrogen and oxygen atoms in total. The van der Waals surface area contributed by atoms with E-state index >= 15 is 0 Å². The minimum Gasteiger partial charge on any atom is -0.495 e. The van der Waals surface area contributed by atoms with Gasteiger partial charge in [-0.2, -0.15) is 0 Å². The van der Waals surface area contributed by atoms with Crippen LogP contribution in [0.25, 0.3) is 11.1 Å². The first-order chi connectivity index (χ1) is 12.3. The largest absolute Gasteiger partial charge is 0.495 e. The van der Waals surface area contributed by atoms with Crippen molar-refractivity contribution in [1.82, 2.24) is 4.98 Å². The van der Waals surface area contributed by atoms with Gasteiger partial charge in [0, 0.05) is 6.20 Å². The van der Waals surface area contributed by atoms with Crippen LogP contribution in [0.15, 0.2) is 41.4 Å². The number of benzene rings is 1. The molecule has 3 rings (SSSR count). The van der Waals surface area contributed by atoms with Gasteiger partial charge in [0.25, 0.3) is 6.43 Å². The molecular weight excluding hydrogens is 362 g/mol. The van der Waals surface area contributed by atoms with Gasteiger partial charge in [-0.25, -0.2) is 22.3 Å². The van der Waals surface area contributed by atoms with Gasteiger partial charge in [-0.05, 0) is 59.7 Å². The number of methoxy groups -OCH3 is 1. The summed E-state index contributed by atoms with van der Waals surface area (Å²) in [7, 11) is -2.41. The molecule has 1 aromatic heterocycles. The Labute approximate surface area is 150 Å². The fourth-order valence-corrected chi connectivity index (χ4v) is 3.69. The highest BCUT2D eigenvalue weighted by atomic mass is 32.2. The monoisotopic (exact) mass is 380 g/mol. The number of rotatable bonds is 5. The van der Waals surface area contributed by atoms with Crippen LogP contribution < -0.4 is 9.88 Å². The lowest BCUT2D eigenvalue weighted by Crippen LogP contribution is -2.11. The van der Waals surface area contributed by atoms with Crippen LogP contribution >= 0.6 is 0 Å².